The molecule has 0 radical (unpaired) electrons. The van der Waals surface area contributed by atoms with Gasteiger partial charge in [0.1, 0.15) is 0 Å². The van der Waals surface area contributed by atoms with Crippen molar-refractivity contribution in [2.45, 2.75) is 49.8 Å². The number of thioether (sulfide) groups is 2. The van der Waals surface area contributed by atoms with Gasteiger partial charge >= 0.3 is 0 Å². The minimum Gasteiger partial charge on any atom is -0.271 e. The molecule has 1 fully saturated rings. The molecule has 1 heterocycles. The summed E-state index contributed by atoms with van der Waals surface area (Å²) in [7, 11) is 0. The Kier molecular flexibility index (Phi) is 6.26. The van der Waals surface area contributed by atoms with Crippen molar-refractivity contribution in [1.82, 2.24) is 5.43 Å². The third-order valence-electron chi connectivity index (χ3n) is 3.62. The lowest BCUT2D eigenvalue weighted by Gasteiger charge is -2.31. The van der Waals surface area contributed by atoms with Crippen LogP contribution in [0.2, 0.25) is 0 Å². The third-order valence-corrected chi connectivity index (χ3v) is 6.48. The van der Waals surface area contributed by atoms with Crippen molar-refractivity contribution in [2.24, 2.45) is 5.84 Å². The predicted molar refractivity (Wildman–Crippen MR) is 80.5 cm³/mol. The van der Waals surface area contributed by atoms with Crippen LogP contribution in [0.25, 0.3) is 0 Å². The first-order chi connectivity index (χ1) is 8.42. The standard InChI is InChI=1S/C13H24N2S2/c14-15-13(12-10-16-8-9-17-12)11-6-4-2-1-3-5-7-11/h6,12-13,15H,1-5,7-10,14H2. The smallest absolute Gasteiger partial charge is 0.0546 e. The highest BCUT2D eigenvalue weighted by atomic mass is 32.2. The van der Waals surface area contributed by atoms with E-state index in [-0.39, 0.29) is 0 Å². The topological polar surface area (TPSA) is 38.0 Å². The monoisotopic (exact) mass is 272 g/mol. The highest BCUT2D eigenvalue weighted by Gasteiger charge is 2.26. The summed E-state index contributed by atoms with van der Waals surface area (Å²) >= 11 is 4.17. The summed E-state index contributed by atoms with van der Waals surface area (Å²) < 4.78 is 0. The van der Waals surface area contributed by atoms with Gasteiger partial charge in [-0.05, 0) is 25.7 Å². The molecular formula is C13H24N2S2. The Labute approximate surface area is 114 Å². The average molecular weight is 272 g/mol. The van der Waals surface area contributed by atoms with Crippen LogP contribution in [0.5, 0.6) is 0 Å². The van der Waals surface area contributed by atoms with Crippen LogP contribution in [0.4, 0.5) is 0 Å². The Morgan fingerprint density at radius 1 is 1.24 bits per heavy atom. The SMILES string of the molecule is NNC(C1=CCCCCCC1)C1CSCCS1. The number of allylic oxidation sites excluding steroid dienone is 1. The van der Waals surface area contributed by atoms with Gasteiger partial charge in [0.15, 0.2) is 0 Å². The molecular weight excluding hydrogens is 248 g/mol. The van der Waals surface area contributed by atoms with E-state index >= 15 is 0 Å². The van der Waals surface area contributed by atoms with Crippen LogP contribution >= 0.6 is 23.5 Å². The molecule has 1 aliphatic carbocycles. The number of nitrogens with two attached hydrogens (primary N) is 1. The molecule has 2 rings (SSSR count). The van der Waals surface area contributed by atoms with E-state index in [4.69, 9.17) is 5.84 Å². The zero-order valence-corrected chi connectivity index (χ0v) is 12.1. The van der Waals surface area contributed by atoms with E-state index in [0.29, 0.717) is 11.3 Å². The van der Waals surface area contributed by atoms with Crippen LogP contribution < -0.4 is 11.3 Å². The molecule has 0 bridgehead atoms. The van der Waals surface area contributed by atoms with Gasteiger partial charge < -0.3 is 0 Å². The second kappa shape index (κ2) is 7.72. The summed E-state index contributed by atoms with van der Waals surface area (Å²) in [6, 6.07) is 0.408. The van der Waals surface area contributed by atoms with E-state index in [1.54, 1.807) is 5.57 Å². The summed E-state index contributed by atoms with van der Waals surface area (Å²) in [6.07, 6.45) is 10.4. The molecule has 0 aromatic rings. The van der Waals surface area contributed by atoms with Crippen LogP contribution in [-0.4, -0.2) is 28.6 Å². The minimum atomic E-state index is 0.408. The van der Waals surface area contributed by atoms with Crippen molar-refractivity contribution in [2.75, 3.05) is 17.3 Å². The molecule has 1 saturated heterocycles. The van der Waals surface area contributed by atoms with Crippen molar-refractivity contribution in [3.63, 3.8) is 0 Å². The summed E-state index contributed by atoms with van der Waals surface area (Å²) in [6.45, 7) is 0. The van der Waals surface area contributed by atoms with E-state index in [9.17, 15) is 0 Å². The molecule has 2 atom stereocenters. The second-order valence-corrected chi connectivity index (χ2v) is 7.36. The van der Waals surface area contributed by atoms with Gasteiger partial charge in [-0.1, -0.05) is 24.5 Å². The predicted octanol–water partition coefficient (Wildman–Crippen LogP) is 2.95. The molecule has 4 heteroatoms. The maximum atomic E-state index is 5.81. The zero-order valence-electron chi connectivity index (χ0n) is 10.5. The van der Waals surface area contributed by atoms with Crippen molar-refractivity contribution in [1.29, 1.82) is 0 Å². The molecule has 2 unspecified atom stereocenters. The Morgan fingerprint density at radius 3 is 2.88 bits per heavy atom. The fourth-order valence-electron chi connectivity index (χ4n) is 2.65. The fraction of sp³-hybridized carbons (Fsp3) is 0.846. The van der Waals surface area contributed by atoms with Gasteiger partial charge in [-0.2, -0.15) is 23.5 Å². The maximum Gasteiger partial charge on any atom is 0.0546 e. The van der Waals surface area contributed by atoms with Crippen LogP contribution in [0.15, 0.2) is 11.6 Å². The third kappa shape index (κ3) is 4.19. The Hall–Kier alpha value is 0.360. The normalized spacial score (nSPS) is 29.0. The molecule has 0 aromatic carbocycles. The van der Waals surface area contributed by atoms with E-state index in [1.807, 2.05) is 0 Å². The number of hydrazine groups is 1. The van der Waals surface area contributed by atoms with Gasteiger partial charge in [-0.3, -0.25) is 11.3 Å². The van der Waals surface area contributed by atoms with Gasteiger partial charge in [0.05, 0.1) is 6.04 Å². The summed E-state index contributed by atoms with van der Waals surface area (Å²) in [5.74, 6) is 9.64. The number of nitrogens with one attached hydrogen (secondary N) is 1. The highest BCUT2D eigenvalue weighted by molar-refractivity contribution is 8.06. The molecule has 0 saturated carbocycles. The summed E-state index contributed by atoms with van der Waals surface area (Å²) in [5.41, 5.74) is 4.66. The maximum absolute atomic E-state index is 5.81. The molecule has 98 valence electrons. The zero-order chi connectivity index (χ0) is 11.9. The van der Waals surface area contributed by atoms with E-state index in [2.05, 4.69) is 35.0 Å². The lowest BCUT2D eigenvalue weighted by Crippen LogP contribution is -2.46. The highest BCUT2D eigenvalue weighted by Crippen LogP contribution is 2.31. The Balaban J connectivity index is 1.98. The molecule has 0 aromatic heterocycles. The van der Waals surface area contributed by atoms with Gasteiger partial charge in [0.25, 0.3) is 0 Å². The van der Waals surface area contributed by atoms with Crippen LogP contribution in [0.3, 0.4) is 0 Å². The van der Waals surface area contributed by atoms with Gasteiger partial charge in [0, 0.05) is 22.5 Å². The van der Waals surface area contributed by atoms with Gasteiger partial charge in [0.2, 0.25) is 0 Å². The van der Waals surface area contributed by atoms with Crippen molar-refractivity contribution in [3.8, 4) is 0 Å². The lowest BCUT2D eigenvalue weighted by molar-refractivity contribution is 0.537. The van der Waals surface area contributed by atoms with E-state index in [1.165, 1.54) is 55.8 Å². The summed E-state index contributed by atoms with van der Waals surface area (Å²) in [5, 5.41) is 0.671. The quantitative estimate of drug-likeness (QED) is 0.471. The first kappa shape index (κ1) is 13.8. The number of hydrogen-bond acceptors (Lipinski definition) is 4. The fourth-order valence-corrected chi connectivity index (χ4v) is 5.52. The second-order valence-electron chi connectivity index (χ2n) is 4.86. The lowest BCUT2D eigenvalue weighted by atomic mass is 9.94. The largest absolute Gasteiger partial charge is 0.271 e. The van der Waals surface area contributed by atoms with Crippen molar-refractivity contribution >= 4 is 23.5 Å². The van der Waals surface area contributed by atoms with Crippen molar-refractivity contribution < 1.29 is 0 Å². The average Bonchev–Trinajstić information content (AvgIpc) is 2.34. The van der Waals surface area contributed by atoms with E-state index in [0.717, 1.165) is 0 Å². The molecule has 0 amide bonds. The van der Waals surface area contributed by atoms with Crippen LogP contribution in [-0.2, 0) is 0 Å². The molecule has 2 aliphatic rings. The molecule has 3 N–H and O–H groups in total. The molecule has 17 heavy (non-hydrogen) atoms. The van der Waals surface area contributed by atoms with E-state index < -0.39 is 0 Å². The first-order valence-corrected chi connectivity index (χ1v) is 8.96. The number of rotatable bonds is 3. The molecule has 1 aliphatic heterocycles. The minimum absolute atomic E-state index is 0.408. The van der Waals surface area contributed by atoms with Gasteiger partial charge in [-0.25, -0.2) is 0 Å². The Morgan fingerprint density at radius 2 is 2.12 bits per heavy atom. The number of hydrogen-bond donors (Lipinski definition) is 2. The Bertz CT molecular complexity index is 250. The van der Waals surface area contributed by atoms with Crippen molar-refractivity contribution in [3.05, 3.63) is 11.6 Å². The van der Waals surface area contributed by atoms with Crippen LogP contribution in [0.1, 0.15) is 38.5 Å². The first-order valence-electron chi connectivity index (χ1n) is 6.76. The summed E-state index contributed by atoms with van der Waals surface area (Å²) in [4.78, 5) is 0. The molecule has 0 spiro atoms. The molecule has 2 nitrogen and oxygen atoms in total. The van der Waals surface area contributed by atoms with Crippen LogP contribution in [0, 0.1) is 0 Å². The van der Waals surface area contributed by atoms with Gasteiger partial charge in [-0.15, -0.1) is 0 Å².